The molecule has 2 aromatic rings. The fourth-order valence-electron chi connectivity index (χ4n) is 4.64. The summed E-state index contributed by atoms with van der Waals surface area (Å²) in [7, 11) is 0. The van der Waals surface area contributed by atoms with Crippen LogP contribution in [0.1, 0.15) is 43.4 Å². The van der Waals surface area contributed by atoms with Crippen LogP contribution in [0.15, 0.2) is 108 Å². The molecule has 0 bridgehead atoms. The van der Waals surface area contributed by atoms with E-state index in [-0.39, 0.29) is 0 Å². The van der Waals surface area contributed by atoms with Gasteiger partial charge in [-0.05, 0) is 83.7 Å². The molecule has 4 rings (SSSR count). The van der Waals surface area contributed by atoms with E-state index in [1.807, 2.05) is 30.3 Å². The molecule has 1 unspecified atom stereocenters. The van der Waals surface area contributed by atoms with Crippen LogP contribution < -0.4 is 9.47 Å². The first-order valence-corrected chi connectivity index (χ1v) is 12.0. The van der Waals surface area contributed by atoms with Gasteiger partial charge in [-0.3, -0.25) is 0 Å². The average Bonchev–Trinajstić information content (AvgIpc) is 3.22. The third-order valence-electron chi connectivity index (χ3n) is 6.56. The minimum Gasteiger partial charge on any atom is -0.489 e. The van der Waals surface area contributed by atoms with E-state index in [1.54, 1.807) is 6.08 Å². The summed E-state index contributed by atoms with van der Waals surface area (Å²) < 4.78 is 12.3. The van der Waals surface area contributed by atoms with Crippen molar-refractivity contribution in [3.8, 4) is 11.5 Å². The molecule has 0 N–H and O–H groups in total. The highest BCUT2D eigenvalue weighted by molar-refractivity contribution is 5.75. The summed E-state index contributed by atoms with van der Waals surface area (Å²) in [6, 6.07) is 14.1. The zero-order chi connectivity index (χ0) is 24.1. The Morgan fingerprint density at radius 1 is 1.00 bits per heavy atom. The van der Waals surface area contributed by atoms with E-state index in [0.717, 1.165) is 41.0 Å². The molecule has 0 saturated heterocycles. The first-order chi connectivity index (χ1) is 16.4. The Hall–Kier alpha value is -3.52. The van der Waals surface area contributed by atoms with Crippen LogP contribution in [0.3, 0.4) is 0 Å². The summed E-state index contributed by atoms with van der Waals surface area (Å²) in [6.07, 6.45) is 13.2. The lowest BCUT2D eigenvalue weighted by molar-refractivity contribution is 0.301. The van der Waals surface area contributed by atoms with Crippen LogP contribution in [0.2, 0.25) is 0 Å². The van der Waals surface area contributed by atoms with Gasteiger partial charge in [-0.25, -0.2) is 0 Å². The zero-order valence-corrected chi connectivity index (χ0v) is 20.6. The molecule has 2 nitrogen and oxygen atoms in total. The lowest BCUT2D eigenvalue weighted by Crippen LogP contribution is -2.02. The average molecular weight is 451 g/mol. The fourth-order valence-corrected chi connectivity index (χ4v) is 4.64. The normalized spacial score (nSPS) is 17.3. The molecule has 2 aliphatic rings. The highest BCUT2D eigenvalue weighted by Crippen LogP contribution is 2.35. The van der Waals surface area contributed by atoms with Crippen LogP contribution >= 0.6 is 0 Å². The number of hydrogen-bond acceptors (Lipinski definition) is 2. The molecule has 174 valence electrons. The van der Waals surface area contributed by atoms with Gasteiger partial charge in [0.15, 0.2) is 0 Å². The smallest absolute Gasteiger partial charge is 0.123 e. The van der Waals surface area contributed by atoms with Gasteiger partial charge in [-0.15, -0.1) is 0 Å². The molecule has 2 heteroatoms. The van der Waals surface area contributed by atoms with Crippen molar-refractivity contribution < 1.29 is 9.47 Å². The number of aryl methyl sites for hydroxylation is 1. The van der Waals surface area contributed by atoms with E-state index in [2.05, 4.69) is 70.4 Å². The number of hydrogen-bond donors (Lipinski definition) is 0. The van der Waals surface area contributed by atoms with Gasteiger partial charge in [-0.1, -0.05) is 80.3 Å². The van der Waals surface area contributed by atoms with Crippen LogP contribution in [0, 0.1) is 12.8 Å². The Bertz CT molecular complexity index is 1220. The van der Waals surface area contributed by atoms with Crippen molar-refractivity contribution in [2.75, 3.05) is 6.61 Å². The first kappa shape index (κ1) is 23.6. The highest BCUT2D eigenvalue weighted by Gasteiger charge is 2.19. The second-order valence-corrected chi connectivity index (χ2v) is 9.23. The lowest BCUT2D eigenvalue weighted by Gasteiger charge is -2.16. The van der Waals surface area contributed by atoms with Gasteiger partial charge >= 0.3 is 0 Å². The Labute approximate surface area is 204 Å². The monoisotopic (exact) mass is 450 g/mol. The second-order valence-electron chi connectivity index (χ2n) is 9.23. The highest BCUT2D eigenvalue weighted by atomic mass is 16.5. The zero-order valence-electron chi connectivity index (χ0n) is 20.6. The molecule has 34 heavy (non-hydrogen) atoms. The fraction of sp³-hybridized carbons (Fsp3) is 0.250. The van der Waals surface area contributed by atoms with Crippen LogP contribution in [0.25, 0.3) is 5.57 Å². The molecule has 0 aliphatic heterocycles. The quantitative estimate of drug-likeness (QED) is 0.358. The molecule has 0 radical (unpaired) electrons. The third kappa shape index (κ3) is 5.51. The Kier molecular flexibility index (Phi) is 7.37. The molecule has 1 atom stereocenters. The van der Waals surface area contributed by atoms with Crippen molar-refractivity contribution >= 4 is 5.57 Å². The topological polar surface area (TPSA) is 18.5 Å². The molecule has 0 aromatic heterocycles. The van der Waals surface area contributed by atoms with Crippen molar-refractivity contribution in [1.82, 2.24) is 0 Å². The molecule has 0 fully saturated rings. The molecular weight excluding hydrogens is 416 g/mol. The molecule has 2 aromatic carbocycles. The van der Waals surface area contributed by atoms with E-state index in [1.165, 1.54) is 27.9 Å². The van der Waals surface area contributed by atoms with E-state index < -0.39 is 0 Å². The predicted octanol–water partition coefficient (Wildman–Crippen LogP) is 8.32. The van der Waals surface area contributed by atoms with Gasteiger partial charge in [0.2, 0.25) is 0 Å². The Morgan fingerprint density at radius 3 is 2.44 bits per heavy atom. The number of ether oxygens (including phenoxy) is 2. The largest absolute Gasteiger partial charge is 0.489 e. The molecule has 0 heterocycles. The first-order valence-electron chi connectivity index (χ1n) is 12.0. The van der Waals surface area contributed by atoms with Gasteiger partial charge < -0.3 is 9.47 Å². The van der Waals surface area contributed by atoms with Crippen molar-refractivity contribution in [2.45, 2.75) is 40.2 Å². The minimum atomic E-state index is 0.431. The van der Waals surface area contributed by atoms with Gasteiger partial charge in [0, 0.05) is 6.07 Å². The molecular formula is C32H34O2. The lowest BCUT2D eigenvalue weighted by atomic mass is 9.89. The van der Waals surface area contributed by atoms with Gasteiger partial charge in [-0.2, -0.15) is 0 Å². The summed E-state index contributed by atoms with van der Waals surface area (Å²) in [5.74, 6) is 2.03. The third-order valence-corrected chi connectivity index (χ3v) is 6.56. The number of benzene rings is 2. The maximum atomic E-state index is 6.13. The summed E-state index contributed by atoms with van der Waals surface area (Å²) in [4.78, 5) is 0. The maximum Gasteiger partial charge on any atom is 0.123 e. The number of allylic oxidation sites excluding steroid dienone is 8. The maximum absolute atomic E-state index is 6.13. The summed E-state index contributed by atoms with van der Waals surface area (Å²) >= 11 is 0. The Morgan fingerprint density at radius 2 is 1.74 bits per heavy atom. The van der Waals surface area contributed by atoms with Gasteiger partial charge in [0.05, 0.1) is 0 Å². The SMILES string of the molecule is C=CC(=C)c1c(C)cccc1COc1cccc(OCC2=CC(C)C(C3=CC=C(C)CC3)=C2)c1. The molecule has 0 amide bonds. The standard InChI is InChI=1S/C32H34O2/c1-6-23(3)32-24(4)9-7-10-28(32)21-34-30-12-8-11-29(19-30)33-20-26-17-25(5)31(18-26)27-15-13-22(2)14-16-27/h6-13,15,17-19,25H,1,3,14,16,20-21H2,2,4-5H3. The van der Waals surface area contributed by atoms with Gasteiger partial charge in [0.25, 0.3) is 0 Å². The van der Waals surface area contributed by atoms with Crippen LogP contribution in [0.4, 0.5) is 0 Å². The van der Waals surface area contributed by atoms with Crippen molar-refractivity contribution in [1.29, 1.82) is 0 Å². The van der Waals surface area contributed by atoms with Crippen molar-refractivity contribution in [2.24, 2.45) is 5.92 Å². The van der Waals surface area contributed by atoms with Gasteiger partial charge in [0.1, 0.15) is 24.7 Å². The number of rotatable bonds is 9. The van der Waals surface area contributed by atoms with E-state index >= 15 is 0 Å². The summed E-state index contributed by atoms with van der Waals surface area (Å²) in [6.45, 7) is 15.6. The van der Waals surface area contributed by atoms with E-state index in [0.29, 0.717) is 19.1 Å². The molecule has 0 saturated carbocycles. The second kappa shape index (κ2) is 10.6. The summed E-state index contributed by atoms with van der Waals surface area (Å²) in [5.41, 5.74) is 9.85. The predicted molar refractivity (Wildman–Crippen MR) is 143 cm³/mol. The van der Waals surface area contributed by atoms with E-state index in [9.17, 15) is 0 Å². The Balaban J connectivity index is 1.39. The molecule has 0 spiro atoms. The minimum absolute atomic E-state index is 0.431. The molecule has 2 aliphatic carbocycles. The van der Waals surface area contributed by atoms with Crippen LogP contribution in [-0.2, 0) is 6.61 Å². The summed E-state index contributed by atoms with van der Waals surface area (Å²) in [5, 5.41) is 0. The van der Waals surface area contributed by atoms with Crippen molar-refractivity contribution in [3.63, 3.8) is 0 Å². The van der Waals surface area contributed by atoms with E-state index in [4.69, 9.17) is 9.47 Å². The van der Waals surface area contributed by atoms with Crippen LogP contribution in [0.5, 0.6) is 11.5 Å². The van der Waals surface area contributed by atoms with Crippen molar-refractivity contribution in [3.05, 3.63) is 125 Å². The van der Waals surface area contributed by atoms with Crippen LogP contribution in [-0.4, -0.2) is 6.61 Å².